The first-order valence-electron chi connectivity index (χ1n) is 9.10. The molecule has 0 N–H and O–H groups in total. The maximum Gasteiger partial charge on any atom is 0.223 e. The monoisotopic (exact) mass is 392 g/mol. The number of carbonyl (C=O) groups is 1. The number of oxazole rings is 1. The van der Waals surface area contributed by atoms with Crippen LogP contribution < -0.4 is 0 Å². The second-order valence-electron chi connectivity index (χ2n) is 6.39. The van der Waals surface area contributed by atoms with Crippen molar-refractivity contribution in [2.24, 2.45) is 0 Å². The van der Waals surface area contributed by atoms with Gasteiger partial charge < -0.3 is 13.7 Å². The maximum absolute atomic E-state index is 12.9. The third-order valence-corrected chi connectivity index (χ3v) is 5.23. The van der Waals surface area contributed by atoms with Crippen molar-refractivity contribution in [1.29, 1.82) is 0 Å². The van der Waals surface area contributed by atoms with Gasteiger partial charge in [0.2, 0.25) is 5.91 Å². The van der Waals surface area contributed by atoms with Gasteiger partial charge in [-0.2, -0.15) is 0 Å². The number of aryl methyl sites for hydroxylation is 1. The lowest BCUT2D eigenvalue weighted by atomic mass is 10.2. The van der Waals surface area contributed by atoms with Gasteiger partial charge in [-0.1, -0.05) is 36.4 Å². The molecular weight excluding hydrogens is 372 g/mol. The van der Waals surface area contributed by atoms with Crippen LogP contribution in [-0.2, 0) is 24.3 Å². The molecule has 1 aromatic carbocycles. The molecule has 0 saturated carbocycles. The molecule has 0 fully saturated rings. The Morgan fingerprint density at radius 3 is 2.68 bits per heavy atom. The van der Waals surface area contributed by atoms with E-state index in [4.69, 9.17) is 8.83 Å². The van der Waals surface area contributed by atoms with E-state index in [1.165, 1.54) is 0 Å². The van der Waals surface area contributed by atoms with Crippen LogP contribution in [0.2, 0.25) is 0 Å². The molecule has 3 heterocycles. The molecule has 0 spiro atoms. The number of hydrogen-bond acceptors (Lipinski definition) is 5. The molecule has 0 atom stereocenters. The number of hydrogen-bond donors (Lipinski definition) is 0. The highest BCUT2D eigenvalue weighted by Gasteiger charge is 2.18. The Labute approximate surface area is 167 Å². The van der Waals surface area contributed by atoms with E-state index in [1.54, 1.807) is 23.8 Å². The number of carbonyl (C=O) groups excluding carboxylic acids is 1. The molecule has 1 amide bonds. The third-order valence-electron chi connectivity index (χ3n) is 4.37. The largest absolute Gasteiger partial charge is 0.467 e. The lowest BCUT2D eigenvalue weighted by Crippen LogP contribution is -2.29. The van der Waals surface area contributed by atoms with Crippen LogP contribution in [0.25, 0.3) is 11.3 Å². The van der Waals surface area contributed by atoms with Crippen LogP contribution in [0.3, 0.4) is 0 Å². The highest BCUT2D eigenvalue weighted by molar-refractivity contribution is 7.09. The van der Waals surface area contributed by atoms with E-state index in [1.807, 2.05) is 64.9 Å². The molecule has 0 radical (unpaired) electrons. The number of rotatable bonds is 8. The molecule has 0 aliphatic carbocycles. The van der Waals surface area contributed by atoms with Crippen molar-refractivity contribution in [3.63, 3.8) is 0 Å². The van der Waals surface area contributed by atoms with Gasteiger partial charge in [0.25, 0.3) is 0 Å². The Morgan fingerprint density at radius 1 is 1.04 bits per heavy atom. The summed E-state index contributed by atoms with van der Waals surface area (Å²) in [6.07, 6.45) is 4.13. The van der Waals surface area contributed by atoms with E-state index >= 15 is 0 Å². The quantitative estimate of drug-likeness (QED) is 0.416. The topological polar surface area (TPSA) is 59.5 Å². The first kappa shape index (κ1) is 18.3. The molecule has 0 bridgehead atoms. The minimum Gasteiger partial charge on any atom is -0.467 e. The van der Waals surface area contributed by atoms with E-state index in [0.29, 0.717) is 37.6 Å². The fraction of sp³-hybridized carbons (Fsp3) is 0.182. The van der Waals surface area contributed by atoms with Gasteiger partial charge >= 0.3 is 0 Å². The first-order valence-corrected chi connectivity index (χ1v) is 9.98. The highest BCUT2D eigenvalue weighted by atomic mass is 32.1. The molecule has 4 aromatic rings. The van der Waals surface area contributed by atoms with Crippen molar-refractivity contribution in [3.05, 3.63) is 89.0 Å². The van der Waals surface area contributed by atoms with Crippen molar-refractivity contribution >= 4 is 17.2 Å². The van der Waals surface area contributed by atoms with Crippen molar-refractivity contribution in [2.75, 3.05) is 0 Å². The smallest absolute Gasteiger partial charge is 0.223 e. The average molecular weight is 392 g/mol. The summed E-state index contributed by atoms with van der Waals surface area (Å²) in [7, 11) is 0. The van der Waals surface area contributed by atoms with Crippen LogP contribution in [0.4, 0.5) is 0 Å². The Balaban J connectivity index is 1.40. The number of aromatic nitrogens is 1. The molecule has 0 unspecified atom stereocenters. The summed E-state index contributed by atoms with van der Waals surface area (Å²) in [4.78, 5) is 20.1. The minimum atomic E-state index is 0.0456. The molecule has 142 valence electrons. The molecule has 3 aromatic heterocycles. The summed E-state index contributed by atoms with van der Waals surface area (Å²) < 4.78 is 11.2. The molecule has 28 heavy (non-hydrogen) atoms. The van der Waals surface area contributed by atoms with Crippen molar-refractivity contribution in [2.45, 2.75) is 25.9 Å². The second kappa shape index (κ2) is 8.71. The Kier molecular flexibility index (Phi) is 5.68. The van der Waals surface area contributed by atoms with E-state index in [-0.39, 0.29) is 5.91 Å². The number of amides is 1. The Hall–Kier alpha value is -3.12. The van der Waals surface area contributed by atoms with Crippen LogP contribution in [0.1, 0.15) is 22.9 Å². The van der Waals surface area contributed by atoms with E-state index < -0.39 is 0 Å². The highest BCUT2D eigenvalue weighted by Crippen LogP contribution is 2.21. The second-order valence-corrected chi connectivity index (χ2v) is 7.43. The fourth-order valence-electron chi connectivity index (χ4n) is 2.95. The van der Waals surface area contributed by atoms with Gasteiger partial charge in [0, 0.05) is 23.3 Å². The Bertz CT molecular complexity index is 956. The molecule has 0 aliphatic heterocycles. The lowest BCUT2D eigenvalue weighted by molar-refractivity contribution is -0.132. The summed E-state index contributed by atoms with van der Waals surface area (Å²) in [5.74, 6) is 2.10. The zero-order valence-electron chi connectivity index (χ0n) is 15.3. The van der Waals surface area contributed by atoms with Gasteiger partial charge in [-0.25, -0.2) is 4.98 Å². The lowest BCUT2D eigenvalue weighted by Gasteiger charge is -2.21. The predicted molar refractivity (Wildman–Crippen MR) is 108 cm³/mol. The Morgan fingerprint density at radius 2 is 1.93 bits per heavy atom. The van der Waals surface area contributed by atoms with Gasteiger partial charge in [-0.15, -0.1) is 11.3 Å². The van der Waals surface area contributed by atoms with Crippen molar-refractivity contribution in [3.8, 4) is 11.3 Å². The number of furan rings is 1. The average Bonchev–Trinajstić information content (AvgIpc) is 3.49. The van der Waals surface area contributed by atoms with E-state index in [0.717, 1.165) is 16.2 Å². The number of thiophene rings is 1. The van der Waals surface area contributed by atoms with E-state index in [2.05, 4.69) is 4.98 Å². The van der Waals surface area contributed by atoms with E-state index in [9.17, 15) is 4.79 Å². The van der Waals surface area contributed by atoms with Gasteiger partial charge in [-0.05, 0) is 23.6 Å². The standard InChI is InChI=1S/C22H20N2O3S/c25-22(11-10-21-23-14-20(27-21)17-6-2-1-3-7-17)24(15-18-8-4-12-26-18)16-19-9-5-13-28-19/h1-9,12-14H,10-11,15-16H2. The predicted octanol–water partition coefficient (Wildman–Crippen LogP) is 5.16. The van der Waals surface area contributed by atoms with Gasteiger partial charge in [0.15, 0.2) is 11.7 Å². The SMILES string of the molecule is O=C(CCc1ncc(-c2ccccc2)o1)N(Cc1ccco1)Cc1cccs1. The minimum absolute atomic E-state index is 0.0456. The fourth-order valence-corrected chi connectivity index (χ4v) is 3.67. The summed E-state index contributed by atoms with van der Waals surface area (Å²) >= 11 is 1.64. The van der Waals surface area contributed by atoms with Gasteiger partial charge in [-0.3, -0.25) is 4.79 Å². The van der Waals surface area contributed by atoms with Gasteiger partial charge in [0.1, 0.15) is 5.76 Å². The molecule has 5 nitrogen and oxygen atoms in total. The molecular formula is C22H20N2O3S. The number of nitrogens with zero attached hydrogens (tertiary/aromatic N) is 2. The van der Waals surface area contributed by atoms with Crippen LogP contribution in [0.5, 0.6) is 0 Å². The van der Waals surface area contributed by atoms with Crippen molar-refractivity contribution in [1.82, 2.24) is 9.88 Å². The molecule has 6 heteroatoms. The van der Waals surface area contributed by atoms with Crippen molar-refractivity contribution < 1.29 is 13.6 Å². The molecule has 4 rings (SSSR count). The molecule has 0 saturated heterocycles. The van der Waals surface area contributed by atoms with Crippen LogP contribution in [-0.4, -0.2) is 15.8 Å². The third kappa shape index (κ3) is 4.58. The summed E-state index contributed by atoms with van der Waals surface area (Å²) in [6, 6.07) is 17.6. The number of benzene rings is 1. The maximum atomic E-state index is 12.9. The van der Waals surface area contributed by atoms with Crippen LogP contribution in [0, 0.1) is 0 Å². The zero-order chi connectivity index (χ0) is 19.2. The summed E-state index contributed by atoms with van der Waals surface area (Å²) in [5, 5.41) is 2.02. The molecule has 0 aliphatic rings. The summed E-state index contributed by atoms with van der Waals surface area (Å²) in [5.41, 5.74) is 0.977. The zero-order valence-corrected chi connectivity index (χ0v) is 16.1. The van der Waals surface area contributed by atoms with Crippen LogP contribution in [0.15, 0.2) is 81.3 Å². The first-order chi connectivity index (χ1) is 13.8. The summed E-state index contributed by atoms with van der Waals surface area (Å²) in [6.45, 7) is 1.02. The van der Waals surface area contributed by atoms with Crippen LogP contribution >= 0.6 is 11.3 Å². The van der Waals surface area contributed by atoms with Gasteiger partial charge in [0.05, 0.1) is 25.5 Å². The normalized spacial score (nSPS) is 10.9.